The first-order chi connectivity index (χ1) is 9.92. The fraction of sp³-hybridized carbons (Fsp3) is 0.467. The highest BCUT2D eigenvalue weighted by atomic mass is 32.1. The van der Waals surface area contributed by atoms with Crippen molar-refractivity contribution in [1.82, 2.24) is 9.88 Å². The Balaban J connectivity index is 2.07. The highest BCUT2D eigenvalue weighted by Gasteiger charge is 2.18. The highest BCUT2D eigenvalue weighted by molar-refractivity contribution is 7.12. The lowest BCUT2D eigenvalue weighted by atomic mass is 10.1. The summed E-state index contributed by atoms with van der Waals surface area (Å²) in [6, 6.07) is 2.15. The Morgan fingerprint density at radius 3 is 2.76 bits per heavy atom. The smallest absolute Gasteiger partial charge is 0.348 e. The van der Waals surface area contributed by atoms with Crippen LogP contribution in [0.1, 0.15) is 43.8 Å². The van der Waals surface area contributed by atoms with E-state index in [0.29, 0.717) is 4.88 Å². The molecule has 0 amide bonds. The molecule has 0 aliphatic carbocycles. The van der Waals surface area contributed by atoms with Crippen molar-refractivity contribution in [3.8, 4) is 0 Å². The topological polar surface area (TPSA) is 42.4 Å². The maximum absolute atomic E-state index is 11.5. The van der Waals surface area contributed by atoms with E-state index >= 15 is 0 Å². The zero-order chi connectivity index (χ0) is 15.6. The van der Waals surface area contributed by atoms with Gasteiger partial charge in [0.2, 0.25) is 0 Å². The van der Waals surface area contributed by atoms with Crippen molar-refractivity contribution >= 4 is 28.6 Å². The van der Waals surface area contributed by atoms with Crippen LogP contribution in [0.4, 0.5) is 0 Å². The molecule has 2 heterocycles. The molecule has 4 nitrogen and oxygen atoms in total. The Labute approximate surface area is 133 Å². The van der Waals surface area contributed by atoms with Crippen LogP contribution >= 0.6 is 22.7 Å². The van der Waals surface area contributed by atoms with Crippen LogP contribution in [-0.4, -0.2) is 30.0 Å². The number of rotatable bonds is 5. The average molecular weight is 324 g/mol. The number of aromatic nitrogens is 1. The number of carbonyl (C=O) groups excluding carboxylic acids is 1. The van der Waals surface area contributed by atoms with E-state index in [1.165, 1.54) is 23.3 Å². The van der Waals surface area contributed by atoms with Gasteiger partial charge in [-0.25, -0.2) is 9.78 Å². The van der Waals surface area contributed by atoms with Crippen LogP contribution in [0.15, 0.2) is 11.4 Å². The molecule has 6 heteroatoms. The van der Waals surface area contributed by atoms with Gasteiger partial charge in [0.05, 0.1) is 23.9 Å². The number of methoxy groups -OCH3 is 1. The summed E-state index contributed by atoms with van der Waals surface area (Å²) in [5.74, 6) is -0.270. The van der Waals surface area contributed by atoms with Gasteiger partial charge in [-0.15, -0.1) is 22.7 Å². The lowest BCUT2D eigenvalue weighted by Gasteiger charge is -2.23. The van der Waals surface area contributed by atoms with Crippen LogP contribution in [0.3, 0.4) is 0 Å². The van der Waals surface area contributed by atoms with Gasteiger partial charge in [0.25, 0.3) is 0 Å². The second kappa shape index (κ2) is 6.68. The van der Waals surface area contributed by atoms with E-state index in [1.54, 1.807) is 11.3 Å². The molecule has 114 valence electrons. The number of hydrogen-bond donors (Lipinski definition) is 0. The van der Waals surface area contributed by atoms with Crippen molar-refractivity contribution in [3.05, 3.63) is 37.5 Å². The zero-order valence-electron chi connectivity index (χ0n) is 13.0. The van der Waals surface area contributed by atoms with Crippen LogP contribution < -0.4 is 0 Å². The molecular formula is C15H20N2O2S2. The summed E-state index contributed by atoms with van der Waals surface area (Å²) in [4.78, 5) is 20.3. The average Bonchev–Trinajstić information content (AvgIpc) is 3.03. The Kier molecular flexibility index (Phi) is 5.13. The van der Waals surface area contributed by atoms with Crippen LogP contribution in [0.2, 0.25) is 0 Å². The number of ether oxygens (including phenoxy) is 1. The molecule has 0 radical (unpaired) electrons. The molecule has 0 fully saturated rings. The monoisotopic (exact) mass is 324 g/mol. The molecule has 0 N–H and O–H groups in total. The minimum atomic E-state index is -0.270. The van der Waals surface area contributed by atoms with E-state index in [2.05, 4.69) is 30.8 Å². The second-order valence-corrected chi connectivity index (χ2v) is 7.39. The van der Waals surface area contributed by atoms with Crippen molar-refractivity contribution in [2.45, 2.75) is 33.4 Å². The van der Waals surface area contributed by atoms with Crippen molar-refractivity contribution in [3.63, 3.8) is 0 Å². The van der Waals surface area contributed by atoms with E-state index in [4.69, 9.17) is 4.74 Å². The molecule has 0 aromatic carbocycles. The summed E-state index contributed by atoms with van der Waals surface area (Å²) in [6.45, 7) is 7.10. The van der Waals surface area contributed by atoms with Gasteiger partial charge >= 0.3 is 5.97 Å². The summed E-state index contributed by atoms with van der Waals surface area (Å²) in [7, 11) is 3.48. The molecule has 1 atom stereocenters. The van der Waals surface area contributed by atoms with Crippen LogP contribution in [-0.2, 0) is 11.3 Å². The zero-order valence-corrected chi connectivity index (χ0v) is 14.6. The molecular weight excluding hydrogens is 304 g/mol. The lowest BCUT2D eigenvalue weighted by molar-refractivity contribution is 0.0606. The van der Waals surface area contributed by atoms with Crippen LogP contribution in [0.25, 0.3) is 0 Å². The number of nitrogens with zero attached hydrogens (tertiary/aromatic N) is 2. The fourth-order valence-corrected chi connectivity index (χ4v) is 3.96. The summed E-state index contributed by atoms with van der Waals surface area (Å²) >= 11 is 3.16. The third-order valence-electron chi connectivity index (χ3n) is 3.47. The third-order valence-corrected chi connectivity index (χ3v) is 5.33. The minimum absolute atomic E-state index is 0.247. The first-order valence-corrected chi connectivity index (χ1v) is 8.42. The van der Waals surface area contributed by atoms with E-state index in [0.717, 1.165) is 22.8 Å². The maximum Gasteiger partial charge on any atom is 0.348 e. The van der Waals surface area contributed by atoms with Gasteiger partial charge in [0.15, 0.2) is 0 Å². The Morgan fingerprint density at radius 2 is 2.19 bits per heavy atom. The summed E-state index contributed by atoms with van der Waals surface area (Å²) < 4.78 is 4.74. The standard InChI is InChI=1S/C15H20N2O2S2/c1-9(14-10(2)21-11(3)16-14)17(4)7-12-6-13(20-8-12)15(18)19-5/h6,8-9H,7H2,1-5H3/t9-/m0/s1. The van der Waals surface area contributed by atoms with Gasteiger partial charge in [-0.1, -0.05) is 0 Å². The second-order valence-electron chi connectivity index (χ2n) is 5.08. The first kappa shape index (κ1) is 16.1. The van der Waals surface area contributed by atoms with Gasteiger partial charge in [0, 0.05) is 11.4 Å². The molecule has 21 heavy (non-hydrogen) atoms. The van der Waals surface area contributed by atoms with Crippen LogP contribution in [0.5, 0.6) is 0 Å². The van der Waals surface area contributed by atoms with Crippen molar-refractivity contribution < 1.29 is 9.53 Å². The maximum atomic E-state index is 11.5. The number of thiazole rings is 1. The van der Waals surface area contributed by atoms with Gasteiger partial charge in [-0.2, -0.15) is 0 Å². The van der Waals surface area contributed by atoms with Crippen LogP contribution in [0, 0.1) is 13.8 Å². The summed E-state index contributed by atoms with van der Waals surface area (Å²) in [5, 5.41) is 3.11. The number of hydrogen-bond acceptors (Lipinski definition) is 6. The SMILES string of the molecule is COC(=O)c1cc(CN(C)[C@@H](C)c2nc(C)sc2C)cs1. The molecule has 0 saturated carbocycles. The molecule has 0 unspecified atom stereocenters. The number of aryl methyl sites for hydroxylation is 2. The fourth-order valence-electron chi connectivity index (χ4n) is 2.23. The largest absolute Gasteiger partial charge is 0.465 e. The molecule has 0 aliphatic rings. The lowest BCUT2D eigenvalue weighted by Crippen LogP contribution is -2.22. The normalized spacial score (nSPS) is 12.7. The molecule has 0 saturated heterocycles. The molecule has 2 aromatic heterocycles. The molecule has 0 spiro atoms. The first-order valence-electron chi connectivity index (χ1n) is 6.72. The van der Waals surface area contributed by atoms with E-state index in [9.17, 15) is 4.79 Å². The predicted octanol–water partition coefficient (Wildman–Crippen LogP) is 3.80. The minimum Gasteiger partial charge on any atom is -0.465 e. The quantitative estimate of drug-likeness (QED) is 0.785. The molecule has 0 bridgehead atoms. The predicted molar refractivity (Wildman–Crippen MR) is 87.1 cm³/mol. The molecule has 2 rings (SSSR count). The third kappa shape index (κ3) is 3.70. The number of carbonyl (C=O) groups is 1. The highest BCUT2D eigenvalue weighted by Crippen LogP contribution is 2.27. The van der Waals surface area contributed by atoms with Gasteiger partial charge in [-0.05, 0) is 44.8 Å². The van der Waals surface area contributed by atoms with Crippen molar-refractivity contribution in [1.29, 1.82) is 0 Å². The Bertz CT molecular complexity index is 633. The van der Waals surface area contributed by atoms with E-state index in [-0.39, 0.29) is 12.0 Å². The number of esters is 1. The van der Waals surface area contributed by atoms with Gasteiger partial charge < -0.3 is 4.74 Å². The summed E-state index contributed by atoms with van der Waals surface area (Å²) in [6.07, 6.45) is 0. The van der Waals surface area contributed by atoms with Crippen molar-refractivity contribution in [2.24, 2.45) is 0 Å². The van der Waals surface area contributed by atoms with Gasteiger partial charge in [-0.3, -0.25) is 4.90 Å². The van der Waals surface area contributed by atoms with Crippen molar-refractivity contribution in [2.75, 3.05) is 14.2 Å². The Morgan fingerprint density at radius 1 is 1.48 bits per heavy atom. The Hall–Kier alpha value is -1.24. The number of thiophene rings is 1. The molecule has 0 aliphatic heterocycles. The summed E-state index contributed by atoms with van der Waals surface area (Å²) in [5.41, 5.74) is 2.27. The molecule has 2 aromatic rings. The van der Waals surface area contributed by atoms with Gasteiger partial charge in [0.1, 0.15) is 4.88 Å². The van der Waals surface area contributed by atoms with E-state index in [1.807, 2.05) is 18.4 Å². The van der Waals surface area contributed by atoms with E-state index < -0.39 is 0 Å².